The van der Waals surface area contributed by atoms with E-state index in [0.717, 1.165) is 22.4 Å². The van der Waals surface area contributed by atoms with Gasteiger partial charge in [-0.1, -0.05) is 80.6 Å². The second-order valence-electron chi connectivity index (χ2n) is 10.1. The molecule has 5 heteroatoms. The molecule has 0 radical (unpaired) electrons. The van der Waals surface area contributed by atoms with Gasteiger partial charge in [-0.2, -0.15) is 0 Å². The number of hydrogen-bond acceptors (Lipinski definition) is 3. The summed E-state index contributed by atoms with van der Waals surface area (Å²) in [6.07, 6.45) is 1.39. The molecule has 0 aliphatic heterocycles. The highest BCUT2D eigenvalue weighted by atomic mass is 16.5. The molecular formula is C32H40N2O3. The van der Waals surface area contributed by atoms with Crippen molar-refractivity contribution in [1.29, 1.82) is 0 Å². The van der Waals surface area contributed by atoms with Crippen LogP contribution >= 0.6 is 0 Å². The van der Waals surface area contributed by atoms with Gasteiger partial charge in [-0.25, -0.2) is 0 Å². The van der Waals surface area contributed by atoms with Crippen molar-refractivity contribution in [2.75, 3.05) is 7.11 Å². The normalized spacial score (nSPS) is 11.9. The molecule has 1 atom stereocenters. The van der Waals surface area contributed by atoms with Gasteiger partial charge < -0.3 is 15.0 Å². The lowest BCUT2D eigenvalue weighted by atomic mass is 9.99. The van der Waals surface area contributed by atoms with Crippen molar-refractivity contribution in [3.05, 3.63) is 101 Å². The van der Waals surface area contributed by atoms with Gasteiger partial charge in [0.15, 0.2) is 0 Å². The third-order valence-corrected chi connectivity index (χ3v) is 6.46. The molecule has 3 aromatic rings. The van der Waals surface area contributed by atoms with Crippen LogP contribution in [-0.4, -0.2) is 35.9 Å². The van der Waals surface area contributed by atoms with E-state index in [0.29, 0.717) is 31.7 Å². The molecular weight excluding hydrogens is 460 g/mol. The maximum absolute atomic E-state index is 13.8. The van der Waals surface area contributed by atoms with Crippen molar-refractivity contribution < 1.29 is 14.3 Å². The van der Waals surface area contributed by atoms with Crippen molar-refractivity contribution in [3.63, 3.8) is 0 Å². The number of nitrogens with one attached hydrogen (secondary N) is 1. The minimum atomic E-state index is -0.633. The summed E-state index contributed by atoms with van der Waals surface area (Å²) in [6, 6.07) is 25.4. The molecule has 0 aliphatic rings. The number of hydrogen-bond donors (Lipinski definition) is 1. The van der Waals surface area contributed by atoms with Crippen LogP contribution in [0.15, 0.2) is 78.9 Å². The molecule has 5 nitrogen and oxygen atoms in total. The highest BCUT2D eigenvalue weighted by Crippen LogP contribution is 2.20. The maximum Gasteiger partial charge on any atom is 0.243 e. The van der Waals surface area contributed by atoms with Crippen LogP contribution in [0.1, 0.15) is 62.3 Å². The highest BCUT2D eigenvalue weighted by molar-refractivity contribution is 5.88. The van der Waals surface area contributed by atoms with Crippen LogP contribution in [0.3, 0.4) is 0 Å². The van der Waals surface area contributed by atoms with E-state index in [4.69, 9.17) is 4.74 Å². The fraction of sp³-hybridized carbons (Fsp3) is 0.375. The quantitative estimate of drug-likeness (QED) is 0.336. The molecule has 0 bridgehead atoms. The number of benzene rings is 3. The first kappa shape index (κ1) is 28.0. The van der Waals surface area contributed by atoms with Crippen LogP contribution in [0.5, 0.6) is 5.75 Å². The van der Waals surface area contributed by atoms with Crippen LogP contribution in [-0.2, 0) is 29.0 Å². The smallest absolute Gasteiger partial charge is 0.243 e. The number of methoxy groups -OCH3 is 1. The predicted molar refractivity (Wildman–Crippen MR) is 150 cm³/mol. The summed E-state index contributed by atoms with van der Waals surface area (Å²) in [5.41, 5.74) is 4.33. The number of nitrogens with zero attached hydrogens (tertiary/aromatic N) is 1. The summed E-state index contributed by atoms with van der Waals surface area (Å²) in [6.45, 7) is 8.54. The Balaban J connectivity index is 1.89. The van der Waals surface area contributed by atoms with Gasteiger partial charge in [0.05, 0.1) is 7.11 Å². The predicted octanol–water partition coefficient (Wildman–Crippen LogP) is 5.92. The summed E-state index contributed by atoms with van der Waals surface area (Å²) in [5.74, 6) is 1.00. The van der Waals surface area contributed by atoms with Gasteiger partial charge >= 0.3 is 0 Å². The topological polar surface area (TPSA) is 58.6 Å². The number of aryl methyl sites for hydroxylation is 1. The lowest BCUT2D eigenvalue weighted by Crippen LogP contribution is -2.51. The van der Waals surface area contributed by atoms with Crippen LogP contribution in [0, 0.1) is 0 Å². The van der Waals surface area contributed by atoms with Crippen LogP contribution in [0.4, 0.5) is 0 Å². The van der Waals surface area contributed by atoms with Crippen molar-refractivity contribution >= 4 is 11.8 Å². The van der Waals surface area contributed by atoms with E-state index in [9.17, 15) is 9.59 Å². The molecule has 0 saturated carbocycles. The van der Waals surface area contributed by atoms with Gasteiger partial charge in [-0.05, 0) is 60.6 Å². The van der Waals surface area contributed by atoms with Crippen LogP contribution in [0.2, 0.25) is 0 Å². The molecule has 0 spiro atoms. The van der Waals surface area contributed by atoms with E-state index >= 15 is 0 Å². The molecule has 2 amide bonds. The van der Waals surface area contributed by atoms with Crippen LogP contribution < -0.4 is 10.1 Å². The average Bonchev–Trinajstić information content (AvgIpc) is 2.89. The number of amides is 2. The first-order valence-electron chi connectivity index (χ1n) is 13.1. The fourth-order valence-corrected chi connectivity index (χ4v) is 4.37. The minimum Gasteiger partial charge on any atom is -0.497 e. The Bertz CT molecular complexity index is 1140. The molecule has 37 heavy (non-hydrogen) atoms. The number of ether oxygens (including phenoxy) is 1. The van der Waals surface area contributed by atoms with Gasteiger partial charge in [-0.15, -0.1) is 0 Å². The molecule has 0 fully saturated rings. The highest BCUT2D eigenvalue weighted by Gasteiger charge is 2.30. The summed E-state index contributed by atoms with van der Waals surface area (Å²) in [4.78, 5) is 29.0. The lowest BCUT2D eigenvalue weighted by molar-refractivity contribution is -0.141. The third kappa shape index (κ3) is 8.49. The third-order valence-electron chi connectivity index (χ3n) is 6.46. The van der Waals surface area contributed by atoms with E-state index in [-0.39, 0.29) is 17.9 Å². The van der Waals surface area contributed by atoms with E-state index in [1.165, 1.54) is 5.56 Å². The molecule has 1 unspecified atom stereocenters. The number of carbonyl (C=O) groups excluding carboxylic acids is 2. The Morgan fingerprint density at radius 2 is 1.51 bits per heavy atom. The molecule has 3 aromatic carbocycles. The van der Waals surface area contributed by atoms with Gasteiger partial charge in [0.2, 0.25) is 11.8 Å². The molecule has 0 aromatic heterocycles. The Kier molecular flexibility index (Phi) is 10.3. The zero-order chi connectivity index (χ0) is 26.8. The van der Waals surface area contributed by atoms with E-state index in [1.54, 1.807) is 12.0 Å². The van der Waals surface area contributed by atoms with E-state index in [1.807, 2.05) is 68.4 Å². The lowest BCUT2D eigenvalue weighted by Gasteiger charge is -2.32. The largest absolute Gasteiger partial charge is 0.497 e. The van der Waals surface area contributed by atoms with Crippen molar-refractivity contribution in [3.8, 4) is 5.75 Å². The zero-order valence-electron chi connectivity index (χ0n) is 22.7. The van der Waals surface area contributed by atoms with E-state index in [2.05, 4.69) is 43.4 Å². The van der Waals surface area contributed by atoms with Gasteiger partial charge in [0.25, 0.3) is 0 Å². The molecule has 1 N–H and O–H groups in total. The molecule has 0 heterocycles. The fourth-order valence-electron chi connectivity index (χ4n) is 4.37. The molecule has 0 aliphatic carbocycles. The summed E-state index contributed by atoms with van der Waals surface area (Å²) in [7, 11) is 1.63. The van der Waals surface area contributed by atoms with Gasteiger partial charge in [0.1, 0.15) is 11.8 Å². The second-order valence-corrected chi connectivity index (χ2v) is 10.1. The number of rotatable bonds is 12. The summed E-state index contributed by atoms with van der Waals surface area (Å²) < 4.78 is 5.40. The van der Waals surface area contributed by atoms with Crippen LogP contribution in [0.25, 0.3) is 0 Å². The monoisotopic (exact) mass is 500 g/mol. The Hall–Kier alpha value is -3.60. The van der Waals surface area contributed by atoms with Crippen molar-refractivity contribution in [2.24, 2.45) is 0 Å². The Morgan fingerprint density at radius 1 is 0.838 bits per heavy atom. The molecule has 0 saturated heterocycles. The Labute approximate surface area is 221 Å². The Morgan fingerprint density at radius 3 is 2.14 bits per heavy atom. The standard InChI is InChI=1S/C32H40N2O3/c1-23(2)28-17-14-25(15-18-28)16-19-31(35)34(22-27-12-9-13-29(20-27)37-5)30(32(36)33-24(3)4)21-26-10-7-6-8-11-26/h6-15,17-18,20,23-24,30H,16,19,21-22H2,1-5H3,(H,33,36). The zero-order valence-corrected chi connectivity index (χ0v) is 22.7. The first-order valence-corrected chi connectivity index (χ1v) is 13.1. The van der Waals surface area contributed by atoms with Crippen molar-refractivity contribution in [2.45, 2.75) is 71.5 Å². The molecule has 196 valence electrons. The average molecular weight is 501 g/mol. The maximum atomic E-state index is 13.8. The van der Waals surface area contributed by atoms with Crippen molar-refractivity contribution in [1.82, 2.24) is 10.2 Å². The summed E-state index contributed by atoms with van der Waals surface area (Å²) >= 11 is 0. The number of carbonyl (C=O) groups is 2. The van der Waals surface area contributed by atoms with E-state index < -0.39 is 6.04 Å². The van der Waals surface area contributed by atoms with Gasteiger partial charge in [-0.3, -0.25) is 9.59 Å². The molecule has 3 rings (SSSR count). The second kappa shape index (κ2) is 13.6. The minimum absolute atomic E-state index is 0.0287. The first-order chi connectivity index (χ1) is 17.8. The van der Waals surface area contributed by atoms with Gasteiger partial charge in [0, 0.05) is 25.4 Å². The summed E-state index contributed by atoms with van der Waals surface area (Å²) in [5, 5.41) is 3.04. The SMILES string of the molecule is COc1cccc(CN(C(=O)CCc2ccc(C(C)C)cc2)C(Cc2ccccc2)C(=O)NC(C)C)c1.